The van der Waals surface area contributed by atoms with Crippen molar-refractivity contribution < 1.29 is 0 Å². The van der Waals surface area contributed by atoms with E-state index in [0.29, 0.717) is 6.04 Å². The quantitative estimate of drug-likeness (QED) is 0.789. The summed E-state index contributed by atoms with van der Waals surface area (Å²) >= 11 is 0. The summed E-state index contributed by atoms with van der Waals surface area (Å²) in [6.07, 6.45) is 0. The van der Waals surface area contributed by atoms with Crippen molar-refractivity contribution >= 4 is 11.0 Å². The van der Waals surface area contributed by atoms with E-state index in [1.54, 1.807) is 0 Å². The van der Waals surface area contributed by atoms with Gasteiger partial charge >= 0.3 is 0 Å². The summed E-state index contributed by atoms with van der Waals surface area (Å²) in [7, 11) is 0. The fraction of sp³-hybridized carbons (Fsp3) is 0.250. The third kappa shape index (κ3) is 2.30. The summed E-state index contributed by atoms with van der Waals surface area (Å²) in [5, 5.41) is 11.9. The Balaban J connectivity index is 2.04. The molecule has 0 spiro atoms. The first-order valence-electron chi connectivity index (χ1n) is 6.93. The smallest absolute Gasteiger partial charge is 0.113 e. The Morgan fingerprint density at radius 3 is 2.85 bits per heavy atom. The largest absolute Gasteiger partial charge is 0.310 e. The highest BCUT2D eigenvalue weighted by Gasteiger charge is 2.08. The van der Waals surface area contributed by atoms with Crippen molar-refractivity contribution in [3.63, 3.8) is 0 Å². The molecule has 3 rings (SSSR count). The first-order valence-corrected chi connectivity index (χ1v) is 6.93. The zero-order valence-corrected chi connectivity index (χ0v) is 11.7. The van der Waals surface area contributed by atoms with Crippen LogP contribution in [0.25, 0.3) is 16.7 Å². The highest BCUT2D eigenvalue weighted by molar-refractivity contribution is 5.75. The molecule has 1 aromatic heterocycles. The number of aromatic nitrogens is 3. The topological polar surface area (TPSA) is 42.7 Å². The van der Waals surface area contributed by atoms with Gasteiger partial charge in [0.15, 0.2) is 0 Å². The van der Waals surface area contributed by atoms with Gasteiger partial charge in [0.1, 0.15) is 5.52 Å². The van der Waals surface area contributed by atoms with E-state index < -0.39 is 0 Å². The zero-order valence-electron chi connectivity index (χ0n) is 11.7. The number of para-hydroxylation sites is 1. The number of nitrogens with zero attached hydrogens (tertiary/aromatic N) is 3. The van der Waals surface area contributed by atoms with Crippen LogP contribution in [0, 0.1) is 0 Å². The van der Waals surface area contributed by atoms with Crippen molar-refractivity contribution in [1.29, 1.82) is 0 Å². The van der Waals surface area contributed by atoms with E-state index in [4.69, 9.17) is 0 Å². The zero-order chi connectivity index (χ0) is 13.9. The molecule has 0 aliphatic rings. The van der Waals surface area contributed by atoms with Gasteiger partial charge in [-0.3, -0.25) is 0 Å². The molecule has 1 atom stereocenters. The molecule has 102 valence electrons. The Kier molecular flexibility index (Phi) is 3.48. The van der Waals surface area contributed by atoms with Crippen molar-refractivity contribution in [2.24, 2.45) is 0 Å². The molecular formula is C16H18N4. The van der Waals surface area contributed by atoms with Gasteiger partial charge in [0.2, 0.25) is 0 Å². The van der Waals surface area contributed by atoms with Crippen LogP contribution in [0.4, 0.5) is 0 Å². The first-order chi connectivity index (χ1) is 9.79. The molecule has 1 N–H and O–H groups in total. The molecule has 4 heteroatoms. The lowest BCUT2D eigenvalue weighted by molar-refractivity contribution is 0.597. The molecule has 0 aliphatic carbocycles. The van der Waals surface area contributed by atoms with Crippen LogP contribution in [0.1, 0.15) is 25.5 Å². The predicted octanol–water partition coefficient (Wildman–Crippen LogP) is 3.09. The monoisotopic (exact) mass is 266 g/mol. The number of hydrogen-bond acceptors (Lipinski definition) is 3. The molecule has 3 aromatic rings. The Morgan fingerprint density at radius 1 is 1.15 bits per heavy atom. The Morgan fingerprint density at radius 2 is 2.00 bits per heavy atom. The van der Waals surface area contributed by atoms with Gasteiger partial charge in [0.05, 0.1) is 11.2 Å². The number of benzene rings is 2. The number of nitrogens with one attached hydrogen (secondary N) is 1. The summed E-state index contributed by atoms with van der Waals surface area (Å²) in [6, 6.07) is 16.7. The third-order valence-corrected chi connectivity index (χ3v) is 3.48. The molecule has 0 fully saturated rings. The predicted molar refractivity (Wildman–Crippen MR) is 81.0 cm³/mol. The third-order valence-electron chi connectivity index (χ3n) is 3.48. The molecule has 0 saturated carbocycles. The van der Waals surface area contributed by atoms with Gasteiger partial charge in [-0.15, -0.1) is 5.10 Å². The molecule has 0 radical (unpaired) electrons. The minimum Gasteiger partial charge on any atom is -0.310 e. The standard InChI is InChI=1S/C16H18N4/c1-3-17-12(2)13-7-6-8-14(11-13)20-16-10-5-4-9-15(16)18-19-20/h4-12,17H,3H2,1-2H3. The van der Waals surface area contributed by atoms with E-state index in [-0.39, 0.29) is 0 Å². The lowest BCUT2D eigenvalue weighted by Crippen LogP contribution is -2.17. The van der Waals surface area contributed by atoms with Crippen LogP contribution < -0.4 is 5.32 Å². The first kappa shape index (κ1) is 12.8. The second-order valence-corrected chi connectivity index (χ2v) is 4.86. The maximum absolute atomic E-state index is 4.26. The van der Waals surface area contributed by atoms with Crippen LogP contribution in [0.3, 0.4) is 0 Å². The van der Waals surface area contributed by atoms with Crippen LogP contribution >= 0.6 is 0 Å². The molecule has 0 saturated heterocycles. The number of rotatable bonds is 4. The van der Waals surface area contributed by atoms with Crippen LogP contribution in [0.15, 0.2) is 48.5 Å². The summed E-state index contributed by atoms with van der Waals surface area (Å²) in [6.45, 7) is 5.24. The van der Waals surface area contributed by atoms with E-state index in [1.165, 1.54) is 5.56 Å². The lowest BCUT2D eigenvalue weighted by Gasteiger charge is -2.13. The number of hydrogen-bond donors (Lipinski definition) is 1. The minimum atomic E-state index is 0.328. The summed E-state index contributed by atoms with van der Waals surface area (Å²) in [5.41, 5.74) is 4.24. The molecule has 0 aliphatic heterocycles. The fourth-order valence-electron chi connectivity index (χ4n) is 2.41. The average molecular weight is 266 g/mol. The normalized spacial score (nSPS) is 12.7. The van der Waals surface area contributed by atoms with Gasteiger partial charge in [0.25, 0.3) is 0 Å². The maximum atomic E-state index is 4.26. The Bertz CT molecular complexity index is 717. The van der Waals surface area contributed by atoms with Gasteiger partial charge in [-0.25, -0.2) is 4.68 Å². The molecule has 1 unspecified atom stereocenters. The van der Waals surface area contributed by atoms with Crippen LogP contribution in [0.2, 0.25) is 0 Å². The van der Waals surface area contributed by atoms with Crippen LogP contribution in [0.5, 0.6) is 0 Å². The molecule has 0 bridgehead atoms. The van der Waals surface area contributed by atoms with E-state index in [1.807, 2.05) is 28.9 Å². The Labute approximate surface area is 118 Å². The summed E-state index contributed by atoms with van der Waals surface area (Å²) in [5.74, 6) is 0. The molecule has 20 heavy (non-hydrogen) atoms. The molecular weight excluding hydrogens is 248 g/mol. The SMILES string of the molecule is CCNC(C)c1cccc(-n2nnc3ccccc32)c1. The van der Waals surface area contributed by atoms with Crippen molar-refractivity contribution in [3.8, 4) is 5.69 Å². The molecule has 4 nitrogen and oxygen atoms in total. The van der Waals surface area contributed by atoms with E-state index >= 15 is 0 Å². The van der Waals surface area contributed by atoms with Crippen molar-refractivity contribution in [2.75, 3.05) is 6.54 Å². The van der Waals surface area contributed by atoms with Crippen LogP contribution in [-0.4, -0.2) is 21.5 Å². The summed E-state index contributed by atoms with van der Waals surface area (Å²) < 4.78 is 1.89. The van der Waals surface area contributed by atoms with Gasteiger partial charge in [0, 0.05) is 6.04 Å². The van der Waals surface area contributed by atoms with E-state index in [9.17, 15) is 0 Å². The summed E-state index contributed by atoms with van der Waals surface area (Å²) in [4.78, 5) is 0. The van der Waals surface area contributed by atoms with Gasteiger partial charge in [-0.05, 0) is 43.3 Å². The molecule has 1 heterocycles. The second-order valence-electron chi connectivity index (χ2n) is 4.86. The minimum absolute atomic E-state index is 0.328. The highest BCUT2D eigenvalue weighted by Crippen LogP contribution is 2.19. The van der Waals surface area contributed by atoms with Crippen molar-refractivity contribution in [1.82, 2.24) is 20.3 Å². The van der Waals surface area contributed by atoms with Gasteiger partial charge in [-0.1, -0.05) is 36.4 Å². The van der Waals surface area contributed by atoms with Crippen molar-refractivity contribution in [3.05, 3.63) is 54.1 Å². The highest BCUT2D eigenvalue weighted by atomic mass is 15.4. The van der Waals surface area contributed by atoms with Crippen molar-refractivity contribution in [2.45, 2.75) is 19.9 Å². The van der Waals surface area contributed by atoms with Crippen LogP contribution in [-0.2, 0) is 0 Å². The molecule has 0 amide bonds. The maximum Gasteiger partial charge on any atom is 0.113 e. The van der Waals surface area contributed by atoms with Gasteiger partial charge in [-0.2, -0.15) is 0 Å². The lowest BCUT2D eigenvalue weighted by atomic mass is 10.1. The molecule has 2 aromatic carbocycles. The fourth-order valence-corrected chi connectivity index (χ4v) is 2.41. The number of fused-ring (bicyclic) bond motifs is 1. The van der Waals surface area contributed by atoms with Gasteiger partial charge < -0.3 is 5.32 Å². The van der Waals surface area contributed by atoms with E-state index in [2.05, 4.69) is 53.7 Å². The average Bonchev–Trinajstić information content (AvgIpc) is 2.91. The Hall–Kier alpha value is -2.20. The van der Waals surface area contributed by atoms with E-state index in [0.717, 1.165) is 23.3 Å². The second kappa shape index (κ2) is 5.43.